The summed E-state index contributed by atoms with van der Waals surface area (Å²) in [7, 11) is -1.87. The first-order valence-electron chi connectivity index (χ1n) is 6.22. The quantitative estimate of drug-likeness (QED) is 0.780. The van der Waals surface area contributed by atoms with Crippen LogP contribution in [0.3, 0.4) is 0 Å². The summed E-state index contributed by atoms with van der Waals surface area (Å²) in [5, 5.41) is 0. The third kappa shape index (κ3) is 5.82. The fourth-order valence-electron chi connectivity index (χ4n) is 1.59. The van der Waals surface area contributed by atoms with Gasteiger partial charge in [-0.2, -0.15) is 0 Å². The Hall–Kier alpha value is -2.09. The Morgan fingerprint density at radius 1 is 1.24 bits per heavy atom. The van der Waals surface area contributed by atoms with Crippen LogP contribution in [0.25, 0.3) is 0 Å². The number of ether oxygens (including phenoxy) is 1. The van der Waals surface area contributed by atoms with Crippen molar-refractivity contribution in [2.45, 2.75) is 6.92 Å². The van der Waals surface area contributed by atoms with Crippen LogP contribution in [0, 0.1) is 0 Å². The molecule has 0 fully saturated rings. The molecular formula is C13H18N2O5S. The number of esters is 1. The number of rotatable bonds is 6. The van der Waals surface area contributed by atoms with E-state index in [1.54, 1.807) is 6.92 Å². The number of hydrogen-bond acceptors (Lipinski definition) is 5. The summed E-state index contributed by atoms with van der Waals surface area (Å²) in [4.78, 5) is 24.6. The number of nitrogens with zero attached hydrogens (tertiary/aromatic N) is 1. The van der Waals surface area contributed by atoms with Gasteiger partial charge in [-0.25, -0.2) is 8.42 Å². The van der Waals surface area contributed by atoms with Crippen LogP contribution in [0.4, 0.5) is 5.69 Å². The lowest BCUT2D eigenvalue weighted by Crippen LogP contribution is -2.33. The number of likely N-dealkylation sites (N-methyl/N-ethyl adjacent to an activating group) is 1. The zero-order valence-corrected chi connectivity index (χ0v) is 12.9. The monoisotopic (exact) mass is 314 g/mol. The summed E-state index contributed by atoms with van der Waals surface area (Å²) in [6.07, 6.45) is 1.04. The summed E-state index contributed by atoms with van der Waals surface area (Å²) >= 11 is 0. The van der Waals surface area contributed by atoms with E-state index in [0.29, 0.717) is 11.3 Å². The molecule has 21 heavy (non-hydrogen) atoms. The third-order valence-electron chi connectivity index (χ3n) is 2.45. The summed E-state index contributed by atoms with van der Waals surface area (Å²) < 4.78 is 29.2. The molecular weight excluding hydrogens is 296 g/mol. The van der Waals surface area contributed by atoms with Crippen molar-refractivity contribution in [2.75, 3.05) is 31.2 Å². The topological polar surface area (TPSA) is 92.8 Å². The molecule has 0 bridgehead atoms. The van der Waals surface area contributed by atoms with Crippen LogP contribution in [0.5, 0.6) is 0 Å². The Morgan fingerprint density at radius 3 is 2.29 bits per heavy atom. The molecule has 0 aliphatic carbocycles. The number of hydrogen-bond donors (Lipinski definition) is 1. The first kappa shape index (κ1) is 17.0. The molecule has 0 spiro atoms. The van der Waals surface area contributed by atoms with Crippen LogP contribution >= 0.6 is 0 Å². The van der Waals surface area contributed by atoms with Crippen molar-refractivity contribution in [1.29, 1.82) is 0 Å². The highest BCUT2D eigenvalue weighted by molar-refractivity contribution is 7.92. The number of sulfonamides is 1. The van der Waals surface area contributed by atoms with Crippen LogP contribution in [0.2, 0.25) is 0 Å². The average molecular weight is 314 g/mol. The average Bonchev–Trinajstić information content (AvgIpc) is 2.37. The van der Waals surface area contributed by atoms with Gasteiger partial charge in [0, 0.05) is 18.3 Å². The van der Waals surface area contributed by atoms with Crippen molar-refractivity contribution in [2.24, 2.45) is 0 Å². The van der Waals surface area contributed by atoms with Crippen molar-refractivity contribution in [3.63, 3.8) is 0 Å². The van der Waals surface area contributed by atoms with Crippen molar-refractivity contribution in [3.8, 4) is 0 Å². The molecule has 0 atom stereocenters. The second-order valence-corrected chi connectivity index (χ2v) is 6.17. The number of amides is 1. The minimum Gasteiger partial charge on any atom is -0.465 e. The zero-order chi connectivity index (χ0) is 16.0. The summed E-state index contributed by atoms with van der Waals surface area (Å²) in [6.45, 7) is 1.80. The van der Waals surface area contributed by atoms with Gasteiger partial charge in [-0.1, -0.05) is 0 Å². The van der Waals surface area contributed by atoms with E-state index >= 15 is 0 Å². The lowest BCUT2D eigenvalue weighted by molar-refractivity contribution is -0.143. The summed E-state index contributed by atoms with van der Waals surface area (Å²) in [6, 6.07) is 5.92. The molecule has 0 aliphatic heterocycles. The molecule has 0 aromatic heterocycles. The Balaban J connectivity index is 2.72. The molecule has 1 aromatic carbocycles. The maximum atomic E-state index is 12.1. The van der Waals surface area contributed by atoms with Gasteiger partial charge in [0.05, 0.1) is 12.9 Å². The van der Waals surface area contributed by atoms with Gasteiger partial charge in [0.15, 0.2) is 0 Å². The molecule has 1 amide bonds. The van der Waals surface area contributed by atoms with Crippen molar-refractivity contribution >= 4 is 27.6 Å². The molecule has 0 saturated heterocycles. The summed E-state index contributed by atoms with van der Waals surface area (Å²) in [5.74, 6) is -0.835. The van der Waals surface area contributed by atoms with Gasteiger partial charge in [-0.15, -0.1) is 0 Å². The van der Waals surface area contributed by atoms with Crippen LogP contribution in [-0.4, -0.2) is 51.6 Å². The predicted molar refractivity (Wildman–Crippen MR) is 78.5 cm³/mol. The van der Waals surface area contributed by atoms with E-state index in [0.717, 1.165) is 6.26 Å². The standard InChI is InChI=1S/C13H18N2O5S/c1-4-20-12(16)9-15(2)13(17)10-5-7-11(8-6-10)14-21(3,18)19/h5-8,14H,4,9H2,1-3H3. The lowest BCUT2D eigenvalue weighted by atomic mass is 10.2. The Kier molecular flexibility index (Phi) is 5.71. The smallest absolute Gasteiger partial charge is 0.325 e. The van der Waals surface area contributed by atoms with Crippen molar-refractivity contribution in [3.05, 3.63) is 29.8 Å². The van der Waals surface area contributed by atoms with E-state index in [4.69, 9.17) is 4.74 Å². The predicted octanol–water partition coefficient (Wildman–Crippen LogP) is 0.693. The van der Waals surface area contributed by atoms with Crippen LogP contribution in [0.15, 0.2) is 24.3 Å². The minimum atomic E-state index is -3.36. The maximum absolute atomic E-state index is 12.1. The molecule has 7 nitrogen and oxygen atoms in total. The molecule has 116 valence electrons. The van der Waals surface area contributed by atoms with E-state index in [-0.39, 0.29) is 19.1 Å². The van der Waals surface area contributed by atoms with Crippen LogP contribution in [0.1, 0.15) is 17.3 Å². The SMILES string of the molecule is CCOC(=O)CN(C)C(=O)c1ccc(NS(C)(=O)=O)cc1. The molecule has 0 saturated carbocycles. The first-order valence-corrected chi connectivity index (χ1v) is 8.11. The van der Waals surface area contributed by atoms with Gasteiger partial charge < -0.3 is 9.64 Å². The molecule has 0 radical (unpaired) electrons. The Labute approximate surface area is 123 Å². The number of anilines is 1. The second-order valence-electron chi connectivity index (χ2n) is 4.42. The molecule has 1 aromatic rings. The molecule has 8 heteroatoms. The van der Waals surface area contributed by atoms with Gasteiger partial charge in [0.1, 0.15) is 6.54 Å². The van der Waals surface area contributed by atoms with E-state index in [1.165, 1.54) is 36.2 Å². The van der Waals surface area contributed by atoms with E-state index in [2.05, 4.69) is 4.72 Å². The first-order chi connectivity index (χ1) is 9.73. The van der Waals surface area contributed by atoms with Crippen LogP contribution < -0.4 is 4.72 Å². The lowest BCUT2D eigenvalue weighted by Gasteiger charge is -2.16. The molecule has 1 rings (SSSR count). The van der Waals surface area contributed by atoms with Gasteiger partial charge >= 0.3 is 5.97 Å². The Bertz CT molecular complexity index is 610. The van der Waals surface area contributed by atoms with E-state index < -0.39 is 16.0 Å². The highest BCUT2D eigenvalue weighted by atomic mass is 32.2. The van der Waals surface area contributed by atoms with E-state index in [1.807, 2.05) is 0 Å². The highest BCUT2D eigenvalue weighted by Crippen LogP contribution is 2.12. The maximum Gasteiger partial charge on any atom is 0.325 e. The zero-order valence-electron chi connectivity index (χ0n) is 12.1. The largest absolute Gasteiger partial charge is 0.465 e. The summed E-state index contributed by atoms with van der Waals surface area (Å²) in [5.41, 5.74) is 0.711. The van der Waals surface area contributed by atoms with Gasteiger partial charge in [0.25, 0.3) is 5.91 Å². The number of nitrogens with one attached hydrogen (secondary N) is 1. The minimum absolute atomic E-state index is 0.143. The molecule has 0 heterocycles. The van der Waals surface area contributed by atoms with Gasteiger partial charge in [-0.3, -0.25) is 14.3 Å². The highest BCUT2D eigenvalue weighted by Gasteiger charge is 2.15. The molecule has 0 aliphatic rings. The van der Waals surface area contributed by atoms with Gasteiger partial charge in [-0.05, 0) is 31.2 Å². The third-order valence-corrected chi connectivity index (χ3v) is 3.06. The van der Waals surface area contributed by atoms with E-state index in [9.17, 15) is 18.0 Å². The second kappa shape index (κ2) is 7.07. The normalized spacial score (nSPS) is 10.8. The molecule has 1 N–H and O–H groups in total. The number of carbonyl (C=O) groups excluding carboxylic acids is 2. The van der Waals surface area contributed by atoms with Gasteiger partial charge in [0.2, 0.25) is 10.0 Å². The van der Waals surface area contributed by atoms with Crippen molar-refractivity contribution < 1.29 is 22.7 Å². The van der Waals surface area contributed by atoms with Crippen molar-refractivity contribution in [1.82, 2.24) is 4.90 Å². The number of benzene rings is 1. The Morgan fingerprint density at radius 2 is 1.81 bits per heavy atom. The fourth-order valence-corrected chi connectivity index (χ4v) is 2.15. The number of carbonyl (C=O) groups is 2. The molecule has 0 unspecified atom stereocenters. The fraction of sp³-hybridized carbons (Fsp3) is 0.385. The van der Waals surface area contributed by atoms with Crippen LogP contribution in [-0.2, 0) is 19.6 Å².